The molecule has 2 unspecified atom stereocenters. The van der Waals surface area contributed by atoms with E-state index in [1.54, 1.807) is 0 Å². The molecule has 0 spiro atoms. The molecule has 2 aliphatic rings. The number of aliphatic hydroxyl groups excluding tert-OH is 1. The predicted octanol–water partition coefficient (Wildman–Crippen LogP) is 1.82. The van der Waals surface area contributed by atoms with Crippen molar-refractivity contribution in [3.05, 3.63) is 29.3 Å². The van der Waals surface area contributed by atoms with Crippen LogP contribution in [0, 0.1) is 5.92 Å². The molecule has 2 aliphatic heterocycles. The van der Waals surface area contributed by atoms with E-state index < -0.39 is 0 Å². The normalized spacial score (nSPS) is 24.9. The van der Waals surface area contributed by atoms with Crippen molar-refractivity contribution in [2.24, 2.45) is 5.92 Å². The molecule has 1 aromatic rings. The maximum absolute atomic E-state index is 9.62. The van der Waals surface area contributed by atoms with Crippen LogP contribution in [0.15, 0.2) is 18.2 Å². The summed E-state index contributed by atoms with van der Waals surface area (Å²) >= 11 is 0. The molecule has 0 aliphatic carbocycles. The van der Waals surface area contributed by atoms with Gasteiger partial charge >= 0.3 is 0 Å². The van der Waals surface area contributed by atoms with Crippen molar-refractivity contribution < 1.29 is 9.84 Å². The summed E-state index contributed by atoms with van der Waals surface area (Å²) in [5.41, 5.74) is 2.71. The third kappa shape index (κ3) is 2.38. The lowest BCUT2D eigenvalue weighted by Crippen LogP contribution is -2.23. The summed E-state index contributed by atoms with van der Waals surface area (Å²) in [4.78, 5) is 2.44. The smallest absolute Gasteiger partial charge is 0.122 e. The highest BCUT2D eigenvalue weighted by atomic mass is 16.5. The summed E-state index contributed by atoms with van der Waals surface area (Å²) in [5.74, 6) is 1.50. The lowest BCUT2D eigenvalue weighted by Gasteiger charge is -2.17. The van der Waals surface area contributed by atoms with Crippen LogP contribution in [0.2, 0.25) is 0 Å². The van der Waals surface area contributed by atoms with Gasteiger partial charge in [-0.3, -0.25) is 4.90 Å². The molecule has 2 atom stereocenters. The highest BCUT2D eigenvalue weighted by Crippen LogP contribution is 2.27. The van der Waals surface area contributed by atoms with Gasteiger partial charge in [0, 0.05) is 19.5 Å². The zero-order valence-electron chi connectivity index (χ0n) is 10.9. The molecular formula is C15H21NO2. The lowest BCUT2D eigenvalue weighted by molar-refractivity contribution is 0.127. The molecule has 1 N–H and O–H groups in total. The van der Waals surface area contributed by atoms with E-state index in [0.29, 0.717) is 5.92 Å². The third-order valence-electron chi connectivity index (χ3n) is 4.15. The van der Waals surface area contributed by atoms with Crippen LogP contribution in [-0.2, 0) is 13.0 Å². The first-order chi connectivity index (χ1) is 8.72. The van der Waals surface area contributed by atoms with E-state index in [-0.39, 0.29) is 6.10 Å². The maximum Gasteiger partial charge on any atom is 0.122 e. The first kappa shape index (κ1) is 12.0. The maximum atomic E-state index is 9.62. The minimum atomic E-state index is -0.177. The molecule has 18 heavy (non-hydrogen) atoms. The van der Waals surface area contributed by atoms with Crippen molar-refractivity contribution >= 4 is 0 Å². The second-order valence-corrected chi connectivity index (χ2v) is 5.57. The van der Waals surface area contributed by atoms with Crippen molar-refractivity contribution in [3.8, 4) is 5.75 Å². The van der Waals surface area contributed by atoms with E-state index in [2.05, 4.69) is 23.1 Å². The molecule has 1 aromatic carbocycles. The summed E-state index contributed by atoms with van der Waals surface area (Å²) < 4.78 is 5.53. The Hall–Kier alpha value is -1.06. The van der Waals surface area contributed by atoms with Gasteiger partial charge in [-0.15, -0.1) is 0 Å². The SMILES string of the molecule is CC(O)C1CCN(Cc2ccc3c(c2)CCO3)C1. The standard InChI is InChI=1S/C15H21NO2/c1-11(17)14-4-6-16(10-14)9-12-2-3-15-13(8-12)5-7-18-15/h2-3,8,11,14,17H,4-7,9-10H2,1H3. The summed E-state index contributed by atoms with van der Waals surface area (Å²) in [6.07, 6.45) is 1.98. The first-order valence-corrected chi connectivity index (χ1v) is 6.87. The molecule has 3 rings (SSSR count). The summed E-state index contributed by atoms with van der Waals surface area (Å²) in [6, 6.07) is 6.54. The zero-order chi connectivity index (χ0) is 12.5. The summed E-state index contributed by atoms with van der Waals surface area (Å²) in [6.45, 7) is 5.85. The summed E-state index contributed by atoms with van der Waals surface area (Å²) in [5, 5.41) is 9.62. The molecular weight excluding hydrogens is 226 g/mol. The van der Waals surface area contributed by atoms with Crippen molar-refractivity contribution in [2.45, 2.75) is 32.4 Å². The Bertz CT molecular complexity index is 431. The summed E-state index contributed by atoms with van der Waals surface area (Å²) in [7, 11) is 0. The number of aliphatic hydroxyl groups is 1. The first-order valence-electron chi connectivity index (χ1n) is 6.87. The topological polar surface area (TPSA) is 32.7 Å². The second-order valence-electron chi connectivity index (χ2n) is 5.57. The molecule has 3 nitrogen and oxygen atoms in total. The van der Waals surface area contributed by atoms with Gasteiger partial charge in [0.15, 0.2) is 0 Å². The van der Waals surface area contributed by atoms with Crippen LogP contribution in [-0.4, -0.2) is 35.8 Å². The quantitative estimate of drug-likeness (QED) is 0.884. The Kier molecular flexibility index (Phi) is 3.27. The van der Waals surface area contributed by atoms with Crippen molar-refractivity contribution in [1.82, 2.24) is 4.90 Å². The number of likely N-dealkylation sites (tertiary alicyclic amines) is 1. The Balaban J connectivity index is 1.63. The van der Waals surface area contributed by atoms with Crippen molar-refractivity contribution in [3.63, 3.8) is 0 Å². The van der Waals surface area contributed by atoms with Crippen LogP contribution < -0.4 is 4.74 Å². The third-order valence-corrected chi connectivity index (χ3v) is 4.15. The van der Waals surface area contributed by atoms with Crippen LogP contribution in [0.1, 0.15) is 24.5 Å². The van der Waals surface area contributed by atoms with Crippen molar-refractivity contribution in [1.29, 1.82) is 0 Å². The fourth-order valence-corrected chi connectivity index (χ4v) is 3.00. The van der Waals surface area contributed by atoms with Gasteiger partial charge in [-0.2, -0.15) is 0 Å². The Labute approximate surface area is 108 Å². The Morgan fingerprint density at radius 2 is 2.39 bits per heavy atom. The molecule has 98 valence electrons. The number of nitrogens with zero attached hydrogens (tertiary/aromatic N) is 1. The number of hydrogen-bond donors (Lipinski definition) is 1. The van der Waals surface area contributed by atoms with Gasteiger partial charge in [0.2, 0.25) is 0 Å². The van der Waals surface area contributed by atoms with Gasteiger partial charge in [-0.25, -0.2) is 0 Å². The van der Waals surface area contributed by atoms with E-state index in [0.717, 1.165) is 44.8 Å². The molecule has 0 saturated carbocycles. The molecule has 0 bridgehead atoms. The highest BCUT2D eigenvalue weighted by Gasteiger charge is 2.26. The minimum absolute atomic E-state index is 0.177. The Morgan fingerprint density at radius 3 is 3.17 bits per heavy atom. The highest BCUT2D eigenvalue weighted by molar-refractivity contribution is 5.39. The average Bonchev–Trinajstić information content (AvgIpc) is 2.96. The van der Waals surface area contributed by atoms with E-state index >= 15 is 0 Å². The molecule has 2 heterocycles. The lowest BCUT2D eigenvalue weighted by atomic mass is 10.0. The van der Waals surface area contributed by atoms with Crippen LogP contribution >= 0.6 is 0 Å². The van der Waals surface area contributed by atoms with Crippen LogP contribution in [0.25, 0.3) is 0 Å². The van der Waals surface area contributed by atoms with Crippen LogP contribution in [0.3, 0.4) is 0 Å². The van der Waals surface area contributed by atoms with Gasteiger partial charge in [0.1, 0.15) is 5.75 Å². The van der Waals surface area contributed by atoms with Crippen molar-refractivity contribution in [2.75, 3.05) is 19.7 Å². The Morgan fingerprint density at radius 1 is 1.50 bits per heavy atom. The van der Waals surface area contributed by atoms with Gasteiger partial charge in [0.25, 0.3) is 0 Å². The average molecular weight is 247 g/mol. The number of benzene rings is 1. The molecule has 1 saturated heterocycles. The second kappa shape index (κ2) is 4.90. The molecule has 3 heteroatoms. The van der Waals surface area contributed by atoms with Gasteiger partial charge < -0.3 is 9.84 Å². The molecule has 0 amide bonds. The van der Waals surface area contributed by atoms with Gasteiger partial charge in [-0.1, -0.05) is 12.1 Å². The fourth-order valence-electron chi connectivity index (χ4n) is 3.00. The number of rotatable bonds is 3. The largest absolute Gasteiger partial charge is 0.493 e. The molecule has 0 aromatic heterocycles. The zero-order valence-corrected chi connectivity index (χ0v) is 10.9. The number of hydrogen-bond acceptors (Lipinski definition) is 3. The van der Waals surface area contributed by atoms with Crippen LogP contribution in [0.4, 0.5) is 0 Å². The monoisotopic (exact) mass is 247 g/mol. The van der Waals surface area contributed by atoms with E-state index in [4.69, 9.17) is 4.74 Å². The molecule has 0 radical (unpaired) electrons. The fraction of sp³-hybridized carbons (Fsp3) is 0.600. The van der Waals surface area contributed by atoms with Crippen LogP contribution in [0.5, 0.6) is 5.75 Å². The van der Waals surface area contributed by atoms with E-state index in [9.17, 15) is 5.11 Å². The number of ether oxygens (including phenoxy) is 1. The number of fused-ring (bicyclic) bond motifs is 1. The molecule has 1 fully saturated rings. The van der Waals surface area contributed by atoms with E-state index in [1.165, 1.54) is 11.1 Å². The minimum Gasteiger partial charge on any atom is -0.493 e. The predicted molar refractivity (Wildman–Crippen MR) is 70.7 cm³/mol. The van der Waals surface area contributed by atoms with Gasteiger partial charge in [0.05, 0.1) is 12.7 Å². The van der Waals surface area contributed by atoms with E-state index in [1.807, 2.05) is 6.92 Å². The van der Waals surface area contributed by atoms with Gasteiger partial charge in [-0.05, 0) is 43.0 Å².